The van der Waals surface area contributed by atoms with Gasteiger partial charge in [0.15, 0.2) is 0 Å². The third-order valence-electron chi connectivity index (χ3n) is 5.70. The molecule has 0 aliphatic carbocycles. The molecule has 36 heavy (non-hydrogen) atoms. The van der Waals surface area contributed by atoms with Gasteiger partial charge in [-0.1, -0.05) is 6.07 Å². The van der Waals surface area contributed by atoms with Crippen molar-refractivity contribution in [1.82, 2.24) is 15.0 Å². The lowest BCUT2D eigenvalue weighted by Crippen LogP contribution is -2.16. The third kappa shape index (κ3) is 5.43. The van der Waals surface area contributed by atoms with E-state index in [0.29, 0.717) is 16.9 Å². The van der Waals surface area contributed by atoms with Crippen molar-refractivity contribution < 1.29 is 14.0 Å². The Morgan fingerprint density at radius 2 is 1.67 bits per heavy atom. The van der Waals surface area contributed by atoms with Crippen LogP contribution in [0.4, 0.5) is 10.1 Å². The predicted molar refractivity (Wildman–Crippen MR) is 137 cm³/mol. The number of alkyl halides is 1. The molecule has 0 radical (unpaired) electrons. The molecule has 182 valence electrons. The molecule has 0 aliphatic heterocycles. The van der Waals surface area contributed by atoms with E-state index in [0.717, 1.165) is 27.9 Å². The molecule has 7 nitrogen and oxygen atoms in total. The smallest absolute Gasteiger partial charge is 0.267 e. The highest BCUT2D eigenvalue weighted by molar-refractivity contribution is 6.04. The molecular weight excluding hydrogens is 457 g/mol. The van der Waals surface area contributed by atoms with E-state index in [9.17, 15) is 14.0 Å². The van der Waals surface area contributed by atoms with Gasteiger partial charge in [-0.3, -0.25) is 24.5 Å². The number of anilines is 1. The maximum atomic E-state index is 14.3. The Kier molecular flexibility index (Phi) is 6.61. The first kappa shape index (κ1) is 24.7. The molecule has 0 bridgehead atoms. The van der Waals surface area contributed by atoms with E-state index in [1.807, 2.05) is 44.2 Å². The first-order valence-corrected chi connectivity index (χ1v) is 11.3. The fraction of sp³-hybridized carbons (Fsp3) is 0.179. The van der Waals surface area contributed by atoms with Gasteiger partial charge in [0.1, 0.15) is 11.4 Å². The summed E-state index contributed by atoms with van der Waals surface area (Å²) in [4.78, 5) is 37.1. The summed E-state index contributed by atoms with van der Waals surface area (Å²) in [6.07, 6.45) is 2.95. The SMILES string of the molecule is Cc1cc(-c2cc(NC(=O)c3ccnc(C(C)(C)F)c3)ccc2C)cc(-c2ccnc(C(N)=O)c2)n1. The van der Waals surface area contributed by atoms with Crippen LogP contribution in [0.3, 0.4) is 0 Å². The molecule has 0 atom stereocenters. The highest BCUT2D eigenvalue weighted by Gasteiger charge is 2.22. The summed E-state index contributed by atoms with van der Waals surface area (Å²) in [7, 11) is 0. The summed E-state index contributed by atoms with van der Waals surface area (Å²) >= 11 is 0. The van der Waals surface area contributed by atoms with Crippen LogP contribution >= 0.6 is 0 Å². The Labute approximate surface area is 208 Å². The number of nitrogens with zero attached hydrogens (tertiary/aromatic N) is 3. The van der Waals surface area contributed by atoms with Crippen LogP contribution in [0.2, 0.25) is 0 Å². The van der Waals surface area contributed by atoms with E-state index >= 15 is 0 Å². The molecule has 1 aromatic carbocycles. The van der Waals surface area contributed by atoms with Crippen LogP contribution in [0.1, 0.15) is 51.6 Å². The van der Waals surface area contributed by atoms with Gasteiger partial charge in [0.25, 0.3) is 11.8 Å². The molecule has 4 rings (SSSR count). The number of hydrogen-bond donors (Lipinski definition) is 2. The quantitative estimate of drug-likeness (QED) is 0.383. The van der Waals surface area contributed by atoms with Crippen molar-refractivity contribution in [2.45, 2.75) is 33.4 Å². The maximum absolute atomic E-state index is 14.3. The molecule has 0 saturated heterocycles. The van der Waals surface area contributed by atoms with E-state index < -0.39 is 11.6 Å². The zero-order valence-corrected chi connectivity index (χ0v) is 20.5. The Bertz CT molecular complexity index is 1480. The Hall–Kier alpha value is -4.46. The van der Waals surface area contributed by atoms with Gasteiger partial charge >= 0.3 is 0 Å². The lowest BCUT2D eigenvalue weighted by molar-refractivity contribution is 0.0993. The van der Waals surface area contributed by atoms with E-state index in [1.54, 1.807) is 18.2 Å². The van der Waals surface area contributed by atoms with Crippen LogP contribution in [0.25, 0.3) is 22.4 Å². The van der Waals surface area contributed by atoms with Crippen molar-refractivity contribution in [3.05, 3.63) is 95.2 Å². The second kappa shape index (κ2) is 9.65. The number of aryl methyl sites for hydroxylation is 2. The zero-order valence-electron chi connectivity index (χ0n) is 20.5. The van der Waals surface area contributed by atoms with Gasteiger partial charge in [-0.25, -0.2) is 4.39 Å². The van der Waals surface area contributed by atoms with Gasteiger partial charge in [0.2, 0.25) is 0 Å². The normalized spacial score (nSPS) is 11.2. The number of hydrogen-bond acceptors (Lipinski definition) is 5. The molecule has 3 heterocycles. The van der Waals surface area contributed by atoms with E-state index in [4.69, 9.17) is 5.73 Å². The Morgan fingerprint density at radius 3 is 2.39 bits per heavy atom. The average molecular weight is 484 g/mol. The predicted octanol–water partition coefficient (Wildman–Crippen LogP) is 5.38. The Morgan fingerprint density at radius 1 is 0.917 bits per heavy atom. The van der Waals surface area contributed by atoms with Crippen molar-refractivity contribution in [1.29, 1.82) is 0 Å². The maximum Gasteiger partial charge on any atom is 0.267 e. The number of pyridine rings is 3. The number of nitrogens with one attached hydrogen (secondary N) is 1. The molecule has 0 fully saturated rings. The third-order valence-corrected chi connectivity index (χ3v) is 5.70. The highest BCUT2D eigenvalue weighted by Crippen LogP contribution is 2.31. The van der Waals surface area contributed by atoms with Crippen LogP contribution < -0.4 is 11.1 Å². The number of carbonyl (C=O) groups excluding carboxylic acids is 2. The van der Waals surface area contributed by atoms with Crippen LogP contribution in [-0.2, 0) is 5.67 Å². The van der Waals surface area contributed by atoms with Gasteiger partial charge in [-0.05, 0) is 92.9 Å². The minimum Gasteiger partial charge on any atom is -0.364 e. The number of halogens is 1. The molecule has 0 aliphatic rings. The van der Waals surface area contributed by atoms with Crippen molar-refractivity contribution in [3.63, 3.8) is 0 Å². The van der Waals surface area contributed by atoms with E-state index in [1.165, 1.54) is 32.3 Å². The Balaban J connectivity index is 1.67. The first-order valence-electron chi connectivity index (χ1n) is 11.3. The van der Waals surface area contributed by atoms with Gasteiger partial charge in [-0.2, -0.15) is 0 Å². The molecule has 0 saturated carbocycles. The number of primary amides is 1. The summed E-state index contributed by atoms with van der Waals surface area (Å²) in [5.41, 5.74) is 9.96. The van der Waals surface area contributed by atoms with E-state index in [2.05, 4.69) is 20.3 Å². The summed E-state index contributed by atoms with van der Waals surface area (Å²) in [6.45, 7) is 6.66. The topological polar surface area (TPSA) is 111 Å². The number of amides is 2. The molecule has 0 spiro atoms. The van der Waals surface area contributed by atoms with Gasteiger partial charge < -0.3 is 11.1 Å². The number of aromatic nitrogens is 3. The summed E-state index contributed by atoms with van der Waals surface area (Å²) in [5, 5.41) is 2.89. The largest absolute Gasteiger partial charge is 0.364 e. The second-order valence-electron chi connectivity index (χ2n) is 9.06. The number of carbonyl (C=O) groups is 2. The molecule has 4 aromatic rings. The molecule has 8 heteroatoms. The minimum absolute atomic E-state index is 0.161. The molecule has 0 unspecified atom stereocenters. The number of nitrogens with two attached hydrogens (primary N) is 1. The average Bonchev–Trinajstić information content (AvgIpc) is 2.84. The molecular formula is C28H26FN5O2. The van der Waals surface area contributed by atoms with Crippen molar-refractivity contribution in [3.8, 4) is 22.4 Å². The molecule has 3 N–H and O–H groups in total. The minimum atomic E-state index is -1.66. The molecule has 2 amide bonds. The summed E-state index contributed by atoms with van der Waals surface area (Å²) in [6, 6.07) is 15.9. The van der Waals surface area contributed by atoms with E-state index in [-0.39, 0.29) is 17.3 Å². The van der Waals surface area contributed by atoms with Crippen molar-refractivity contribution in [2.24, 2.45) is 5.73 Å². The van der Waals surface area contributed by atoms with Crippen molar-refractivity contribution in [2.75, 3.05) is 5.32 Å². The molecule has 3 aromatic heterocycles. The fourth-order valence-electron chi connectivity index (χ4n) is 3.81. The summed E-state index contributed by atoms with van der Waals surface area (Å²) < 4.78 is 14.3. The first-order chi connectivity index (χ1) is 17.0. The monoisotopic (exact) mass is 483 g/mol. The van der Waals surface area contributed by atoms with Gasteiger partial charge in [0, 0.05) is 34.9 Å². The van der Waals surface area contributed by atoms with Gasteiger partial charge in [0.05, 0.1) is 11.4 Å². The van der Waals surface area contributed by atoms with Crippen molar-refractivity contribution >= 4 is 17.5 Å². The lowest BCUT2D eigenvalue weighted by atomic mass is 9.97. The second-order valence-corrected chi connectivity index (χ2v) is 9.06. The fourth-order valence-corrected chi connectivity index (χ4v) is 3.81. The lowest BCUT2D eigenvalue weighted by Gasteiger charge is -2.15. The van der Waals surface area contributed by atoms with Gasteiger partial charge in [-0.15, -0.1) is 0 Å². The number of rotatable bonds is 6. The standard InChI is InChI=1S/C28H26FN5O2/c1-16-5-6-21(34-27(36)19-8-10-32-25(14-19)28(3,4)29)15-22(16)20-11-17(2)33-23(13-20)18-7-9-31-24(12-18)26(30)35/h5-15H,1-4H3,(H2,30,35)(H,34,36). The van der Waals surface area contributed by atoms with Crippen LogP contribution in [0, 0.1) is 13.8 Å². The summed E-state index contributed by atoms with van der Waals surface area (Å²) in [5.74, 6) is -0.972. The van der Waals surface area contributed by atoms with Crippen LogP contribution in [0.15, 0.2) is 67.0 Å². The number of benzene rings is 1. The van der Waals surface area contributed by atoms with Crippen LogP contribution in [-0.4, -0.2) is 26.8 Å². The van der Waals surface area contributed by atoms with Crippen LogP contribution in [0.5, 0.6) is 0 Å². The zero-order chi connectivity index (χ0) is 26.0. The highest BCUT2D eigenvalue weighted by atomic mass is 19.1.